The number of aromatic nitrogens is 2. The number of benzene rings is 3. The summed E-state index contributed by atoms with van der Waals surface area (Å²) in [4.78, 5) is 0. The van der Waals surface area contributed by atoms with Crippen molar-refractivity contribution in [3.8, 4) is 0 Å². The third-order valence-corrected chi connectivity index (χ3v) is 5.27. The molecule has 3 aromatic carbocycles. The lowest BCUT2D eigenvalue weighted by Gasteiger charge is -2.12. The molecular formula is C24H21N2O+. The summed E-state index contributed by atoms with van der Waals surface area (Å²) >= 11 is 0. The second-order valence-electron chi connectivity index (χ2n) is 7.02. The molecule has 27 heavy (non-hydrogen) atoms. The topological polar surface area (TPSA) is 29.0 Å². The fourth-order valence-electron chi connectivity index (χ4n) is 4.08. The minimum atomic E-state index is -0.486. The summed E-state index contributed by atoms with van der Waals surface area (Å²) in [6.45, 7) is 1.12. The highest BCUT2D eigenvalue weighted by Gasteiger charge is 2.18. The first-order valence-corrected chi connectivity index (χ1v) is 9.32. The van der Waals surface area contributed by atoms with E-state index in [4.69, 9.17) is 0 Å². The van der Waals surface area contributed by atoms with Crippen molar-refractivity contribution < 1.29 is 9.67 Å². The highest BCUT2D eigenvalue weighted by atomic mass is 16.3. The van der Waals surface area contributed by atoms with E-state index in [0.29, 0.717) is 13.1 Å². The Morgan fingerprint density at radius 1 is 0.741 bits per heavy atom. The molecule has 3 nitrogen and oxygen atoms in total. The first-order valence-electron chi connectivity index (χ1n) is 9.32. The van der Waals surface area contributed by atoms with Crippen LogP contribution in [0.15, 0.2) is 91.1 Å². The van der Waals surface area contributed by atoms with E-state index >= 15 is 0 Å². The highest BCUT2D eigenvalue weighted by Crippen LogP contribution is 2.28. The summed E-state index contributed by atoms with van der Waals surface area (Å²) in [6.07, 6.45) is 1.55. The number of fused-ring (bicyclic) bond motifs is 4. The van der Waals surface area contributed by atoms with Crippen LogP contribution in [0.4, 0.5) is 0 Å². The number of aliphatic hydroxyl groups is 1. The van der Waals surface area contributed by atoms with E-state index in [1.54, 1.807) is 0 Å². The van der Waals surface area contributed by atoms with Crippen LogP contribution in [0.25, 0.3) is 32.7 Å². The van der Waals surface area contributed by atoms with Crippen LogP contribution in [0.1, 0.15) is 0 Å². The Kier molecular flexibility index (Phi) is 3.88. The Labute approximate surface area is 157 Å². The molecule has 5 rings (SSSR count). The Balaban J connectivity index is 1.53. The van der Waals surface area contributed by atoms with Crippen LogP contribution in [-0.2, 0) is 13.1 Å². The zero-order valence-corrected chi connectivity index (χ0v) is 15.0. The first-order chi connectivity index (χ1) is 13.3. The zero-order valence-electron chi connectivity index (χ0n) is 15.0. The molecule has 0 aliphatic rings. The molecule has 0 radical (unpaired) electrons. The average Bonchev–Trinajstić information content (AvgIpc) is 3.02. The molecule has 0 saturated heterocycles. The molecule has 3 heteroatoms. The maximum absolute atomic E-state index is 10.9. The summed E-state index contributed by atoms with van der Waals surface area (Å²) < 4.78 is 4.37. The van der Waals surface area contributed by atoms with Gasteiger partial charge in [-0.05, 0) is 24.3 Å². The third-order valence-electron chi connectivity index (χ3n) is 5.27. The van der Waals surface area contributed by atoms with Gasteiger partial charge in [0.05, 0.1) is 6.54 Å². The minimum absolute atomic E-state index is 0.486. The van der Waals surface area contributed by atoms with Crippen molar-refractivity contribution in [3.63, 3.8) is 0 Å². The SMILES string of the molecule is O[C@@H](Cn1c2ccccc2c2ccccc21)C[n+]1cccc2ccccc21. The Morgan fingerprint density at radius 2 is 1.33 bits per heavy atom. The van der Waals surface area contributed by atoms with Gasteiger partial charge in [-0.1, -0.05) is 48.5 Å². The number of pyridine rings is 1. The van der Waals surface area contributed by atoms with Crippen LogP contribution in [0.5, 0.6) is 0 Å². The number of hydrogen-bond donors (Lipinski definition) is 1. The van der Waals surface area contributed by atoms with E-state index in [9.17, 15) is 5.11 Å². The van der Waals surface area contributed by atoms with E-state index in [2.05, 4.69) is 75.9 Å². The van der Waals surface area contributed by atoms with Crippen molar-refractivity contribution in [1.29, 1.82) is 0 Å². The molecule has 132 valence electrons. The second-order valence-corrected chi connectivity index (χ2v) is 7.02. The molecule has 0 bridgehead atoms. The third kappa shape index (κ3) is 2.77. The van der Waals surface area contributed by atoms with Crippen LogP contribution in [0.2, 0.25) is 0 Å². The summed E-state index contributed by atoms with van der Waals surface area (Å²) in [7, 11) is 0. The van der Waals surface area contributed by atoms with Gasteiger partial charge in [-0.25, -0.2) is 0 Å². The second kappa shape index (κ2) is 6.53. The average molecular weight is 353 g/mol. The van der Waals surface area contributed by atoms with E-state index in [0.717, 1.165) is 5.52 Å². The standard InChI is InChI=1S/C24H21N2O/c27-19(16-25-15-7-9-18-8-1-4-12-22(18)25)17-26-23-13-5-2-10-20(23)21-11-3-6-14-24(21)26/h1-15,19,27H,16-17H2/q+1/t19-/m1/s1. The van der Waals surface area contributed by atoms with Crippen LogP contribution < -0.4 is 4.57 Å². The zero-order chi connectivity index (χ0) is 18.2. The number of rotatable bonds is 4. The Bertz CT molecular complexity index is 1200. The number of nitrogens with zero attached hydrogens (tertiary/aromatic N) is 2. The van der Waals surface area contributed by atoms with Gasteiger partial charge in [-0.3, -0.25) is 0 Å². The van der Waals surface area contributed by atoms with Crippen LogP contribution >= 0.6 is 0 Å². The number of hydrogen-bond acceptors (Lipinski definition) is 1. The van der Waals surface area contributed by atoms with Gasteiger partial charge in [-0.15, -0.1) is 0 Å². The summed E-state index contributed by atoms with van der Waals surface area (Å²) in [5, 5.41) is 14.6. The molecule has 1 atom stereocenters. The van der Waals surface area contributed by atoms with Crippen molar-refractivity contribution in [3.05, 3.63) is 91.1 Å². The predicted octanol–water partition coefficient (Wildman–Crippen LogP) is 4.30. The fraction of sp³-hybridized carbons (Fsp3) is 0.125. The molecule has 0 spiro atoms. The van der Waals surface area contributed by atoms with E-state index < -0.39 is 6.10 Å². The molecule has 0 aliphatic heterocycles. The predicted molar refractivity (Wildman–Crippen MR) is 110 cm³/mol. The van der Waals surface area contributed by atoms with Crippen molar-refractivity contribution in [2.45, 2.75) is 19.2 Å². The highest BCUT2D eigenvalue weighted by molar-refractivity contribution is 6.07. The maximum Gasteiger partial charge on any atom is 0.212 e. The van der Waals surface area contributed by atoms with Gasteiger partial charge in [0, 0.05) is 39.3 Å². The molecule has 0 aliphatic carbocycles. The molecule has 0 saturated carbocycles. The Morgan fingerprint density at radius 3 is 2.07 bits per heavy atom. The van der Waals surface area contributed by atoms with Crippen LogP contribution in [0.3, 0.4) is 0 Å². The van der Waals surface area contributed by atoms with Gasteiger partial charge in [0.15, 0.2) is 12.7 Å². The molecule has 5 aromatic rings. The van der Waals surface area contributed by atoms with E-state index in [-0.39, 0.29) is 0 Å². The molecule has 0 unspecified atom stereocenters. The molecule has 2 aromatic heterocycles. The fourth-order valence-corrected chi connectivity index (χ4v) is 4.08. The van der Waals surface area contributed by atoms with E-state index in [1.165, 1.54) is 27.2 Å². The first kappa shape index (κ1) is 16.0. The molecule has 2 heterocycles. The number of aliphatic hydroxyl groups excluding tert-OH is 1. The minimum Gasteiger partial charge on any atom is -0.385 e. The summed E-state index contributed by atoms with van der Waals surface area (Å²) in [6, 6.07) is 29.3. The smallest absolute Gasteiger partial charge is 0.212 e. The molecule has 1 N–H and O–H groups in total. The number of para-hydroxylation sites is 3. The van der Waals surface area contributed by atoms with Gasteiger partial charge >= 0.3 is 0 Å². The normalized spacial score (nSPS) is 12.8. The van der Waals surface area contributed by atoms with Gasteiger partial charge in [0.1, 0.15) is 6.10 Å². The van der Waals surface area contributed by atoms with Crippen molar-refractivity contribution >= 4 is 32.7 Å². The quantitative estimate of drug-likeness (QED) is 0.480. The monoisotopic (exact) mass is 353 g/mol. The lowest BCUT2D eigenvalue weighted by molar-refractivity contribution is -0.678. The van der Waals surface area contributed by atoms with Crippen molar-refractivity contribution in [1.82, 2.24) is 4.57 Å². The van der Waals surface area contributed by atoms with Gasteiger partial charge in [0.25, 0.3) is 0 Å². The van der Waals surface area contributed by atoms with Crippen LogP contribution in [-0.4, -0.2) is 15.8 Å². The summed E-state index contributed by atoms with van der Waals surface area (Å²) in [5.74, 6) is 0. The Hall–Kier alpha value is -3.17. The maximum atomic E-state index is 10.9. The van der Waals surface area contributed by atoms with Crippen molar-refractivity contribution in [2.24, 2.45) is 0 Å². The lowest BCUT2D eigenvalue weighted by atomic mass is 10.2. The molecule has 0 fully saturated rings. The van der Waals surface area contributed by atoms with Gasteiger partial charge in [-0.2, -0.15) is 4.57 Å². The van der Waals surface area contributed by atoms with Crippen molar-refractivity contribution in [2.75, 3.05) is 0 Å². The summed E-state index contributed by atoms with van der Waals surface area (Å²) in [5.41, 5.74) is 3.47. The van der Waals surface area contributed by atoms with Gasteiger partial charge in [0.2, 0.25) is 5.52 Å². The molecular weight excluding hydrogens is 332 g/mol. The van der Waals surface area contributed by atoms with E-state index in [1.807, 2.05) is 24.4 Å². The van der Waals surface area contributed by atoms with Gasteiger partial charge < -0.3 is 9.67 Å². The lowest BCUT2D eigenvalue weighted by Crippen LogP contribution is -2.41. The molecule has 0 amide bonds. The largest absolute Gasteiger partial charge is 0.385 e. The van der Waals surface area contributed by atoms with Crippen LogP contribution in [0, 0.1) is 0 Å².